The minimum atomic E-state index is -0.529. The molecule has 26 heavy (non-hydrogen) atoms. The van der Waals surface area contributed by atoms with Gasteiger partial charge in [0.05, 0.1) is 6.42 Å². The summed E-state index contributed by atoms with van der Waals surface area (Å²) in [5.41, 5.74) is 6.70. The lowest BCUT2D eigenvalue weighted by Crippen LogP contribution is -2.34. The molecule has 0 atom stereocenters. The van der Waals surface area contributed by atoms with Crippen LogP contribution in [0.5, 0.6) is 0 Å². The van der Waals surface area contributed by atoms with E-state index in [9.17, 15) is 9.59 Å². The molecule has 0 radical (unpaired) electrons. The molecule has 142 valence electrons. The summed E-state index contributed by atoms with van der Waals surface area (Å²) in [4.78, 5) is 27.6. The molecule has 2 rings (SSSR count). The third-order valence-corrected chi connectivity index (χ3v) is 3.88. The first-order chi connectivity index (χ1) is 12.2. The lowest BCUT2D eigenvalue weighted by atomic mass is 10.2. The highest BCUT2D eigenvalue weighted by molar-refractivity contribution is 9.10. The second-order valence-electron chi connectivity index (χ2n) is 6.71. The minimum Gasteiger partial charge on any atom is -0.444 e. The lowest BCUT2D eigenvalue weighted by molar-refractivity contribution is -0.120. The molecule has 0 bridgehead atoms. The summed E-state index contributed by atoms with van der Waals surface area (Å²) in [6, 6.07) is 1.80. The van der Waals surface area contributed by atoms with Gasteiger partial charge in [0.15, 0.2) is 5.82 Å². The Kier molecular flexibility index (Phi) is 6.41. The van der Waals surface area contributed by atoms with Crippen molar-refractivity contribution in [1.29, 1.82) is 0 Å². The molecule has 0 saturated heterocycles. The molecule has 2 aromatic rings. The van der Waals surface area contributed by atoms with Crippen LogP contribution in [0.2, 0.25) is 0 Å². The average Bonchev–Trinajstić information content (AvgIpc) is 2.82. The number of amides is 2. The molecule has 0 saturated carbocycles. The highest BCUT2D eigenvalue weighted by Gasteiger charge is 2.16. The van der Waals surface area contributed by atoms with E-state index in [0.29, 0.717) is 35.4 Å². The Hall–Kier alpha value is -2.36. The fraction of sp³-hybridized carbons (Fsp3) is 0.500. The Morgan fingerprint density at radius 3 is 2.69 bits per heavy atom. The van der Waals surface area contributed by atoms with Crippen molar-refractivity contribution in [3.05, 3.63) is 22.6 Å². The summed E-state index contributed by atoms with van der Waals surface area (Å²) in [7, 11) is 0. The van der Waals surface area contributed by atoms with Gasteiger partial charge in [0, 0.05) is 13.1 Å². The van der Waals surface area contributed by atoms with Gasteiger partial charge in [0.1, 0.15) is 22.0 Å². The van der Waals surface area contributed by atoms with Crippen LogP contribution in [0.4, 0.5) is 10.6 Å². The quantitative estimate of drug-likeness (QED) is 0.603. The number of ether oxygens (including phenoxy) is 1. The fourth-order valence-electron chi connectivity index (χ4n) is 2.29. The number of hydrogen-bond donors (Lipinski definition) is 3. The molecule has 0 aliphatic heterocycles. The third-order valence-electron chi connectivity index (χ3n) is 3.31. The number of halogens is 1. The summed E-state index contributed by atoms with van der Waals surface area (Å²) >= 11 is 3.38. The van der Waals surface area contributed by atoms with Crippen molar-refractivity contribution in [2.45, 2.75) is 39.2 Å². The van der Waals surface area contributed by atoms with Gasteiger partial charge in [-0.2, -0.15) is 5.10 Å². The van der Waals surface area contributed by atoms with Crippen LogP contribution in [0.25, 0.3) is 5.52 Å². The van der Waals surface area contributed by atoms with Crippen LogP contribution in [0.3, 0.4) is 0 Å². The van der Waals surface area contributed by atoms with Crippen LogP contribution in [-0.4, -0.2) is 45.3 Å². The van der Waals surface area contributed by atoms with Gasteiger partial charge in [0.2, 0.25) is 5.91 Å². The predicted molar refractivity (Wildman–Crippen MR) is 101 cm³/mol. The Labute approximate surface area is 159 Å². The molecule has 2 aromatic heterocycles. The second-order valence-corrected chi connectivity index (χ2v) is 7.52. The third kappa shape index (κ3) is 5.58. The Bertz CT molecular complexity index is 799. The van der Waals surface area contributed by atoms with E-state index in [1.165, 1.54) is 6.33 Å². The monoisotopic (exact) mass is 426 g/mol. The summed E-state index contributed by atoms with van der Waals surface area (Å²) in [6.45, 7) is 6.25. The van der Waals surface area contributed by atoms with Gasteiger partial charge in [-0.3, -0.25) is 4.79 Å². The van der Waals surface area contributed by atoms with Crippen molar-refractivity contribution < 1.29 is 14.3 Å². The van der Waals surface area contributed by atoms with Crippen LogP contribution in [-0.2, 0) is 16.0 Å². The molecule has 2 heterocycles. The van der Waals surface area contributed by atoms with Crippen LogP contribution >= 0.6 is 15.9 Å². The van der Waals surface area contributed by atoms with Crippen LogP contribution in [0, 0.1) is 0 Å². The van der Waals surface area contributed by atoms with Crippen LogP contribution < -0.4 is 16.4 Å². The largest absolute Gasteiger partial charge is 0.444 e. The molecule has 0 unspecified atom stereocenters. The average molecular weight is 427 g/mol. The van der Waals surface area contributed by atoms with Crippen molar-refractivity contribution in [1.82, 2.24) is 25.2 Å². The maximum Gasteiger partial charge on any atom is 0.407 e. The number of aromatic nitrogens is 3. The molecular weight excluding hydrogens is 404 g/mol. The van der Waals surface area contributed by atoms with Gasteiger partial charge >= 0.3 is 6.09 Å². The molecule has 4 N–H and O–H groups in total. The zero-order valence-electron chi connectivity index (χ0n) is 15.0. The molecular formula is C16H23BrN6O3. The molecule has 0 spiro atoms. The number of anilines is 1. The van der Waals surface area contributed by atoms with E-state index in [0.717, 1.165) is 5.56 Å². The molecule has 9 nitrogen and oxygen atoms in total. The van der Waals surface area contributed by atoms with Crippen LogP contribution in [0.15, 0.2) is 17.0 Å². The first-order valence-corrected chi connectivity index (χ1v) is 8.97. The van der Waals surface area contributed by atoms with Crippen LogP contribution in [0.1, 0.15) is 32.8 Å². The van der Waals surface area contributed by atoms with E-state index >= 15 is 0 Å². The highest BCUT2D eigenvalue weighted by atomic mass is 79.9. The number of alkyl carbamates (subject to hydrolysis) is 1. The summed E-state index contributed by atoms with van der Waals surface area (Å²) in [6.07, 6.45) is 1.64. The molecule has 0 aromatic carbocycles. The van der Waals surface area contributed by atoms with Crippen molar-refractivity contribution in [3.63, 3.8) is 0 Å². The number of nitrogen functional groups attached to an aromatic ring is 1. The Morgan fingerprint density at radius 1 is 1.31 bits per heavy atom. The van der Waals surface area contributed by atoms with E-state index in [1.807, 2.05) is 0 Å². The molecule has 0 aliphatic carbocycles. The van der Waals surface area contributed by atoms with Gasteiger partial charge in [-0.1, -0.05) is 0 Å². The highest BCUT2D eigenvalue weighted by Crippen LogP contribution is 2.23. The number of fused-ring (bicyclic) bond motifs is 1. The van der Waals surface area contributed by atoms with E-state index in [-0.39, 0.29) is 12.3 Å². The number of nitrogens with two attached hydrogens (primary N) is 1. The predicted octanol–water partition coefficient (Wildman–Crippen LogP) is 1.65. The number of hydrogen-bond acceptors (Lipinski definition) is 6. The topological polar surface area (TPSA) is 124 Å². The zero-order valence-corrected chi connectivity index (χ0v) is 16.6. The number of carbonyl (C=O) groups is 2. The zero-order chi connectivity index (χ0) is 19.3. The van der Waals surface area contributed by atoms with Crippen molar-refractivity contribution in [3.8, 4) is 0 Å². The van der Waals surface area contributed by atoms with E-state index in [4.69, 9.17) is 10.5 Å². The van der Waals surface area contributed by atoms with Crippen molar-refractivity contribution in [2.24, 2.45) is 0 Å². The van der Waals surface area contributed by atoms with Gasteiger partial charge in [-0.05, 0) is 54.8 Å². The maximum absolute atomic E-state index is 12.1. The maximum atomic E-state index is 12.1. The summed E-state index contributed by atoms with van der Waals surface area (Å²) in [5.74, 6) is 0.167. The number of nitrogens with one attached hydrogen (secondary N) is 2. The Balaban J connectivity index is 1.77. The molecule has 0 aliphatic rings. The Morgan fingerprint density at radius 2 is 2.00 bits per heavy atom. The van der Waals surface area contributed by atoms with E-state index < -0.39 is 11.7 Å². The van der Waals surface area contributed by atoms with E-state index in [2.05, 4.69) is 36.6 Å². The fourth-order valence-corrected chi connectivity index (χ4v) is 2.84. The van der Waals surface area contributed by atoms with E-state index in [1.54, 1.807) is 31.4 Å². The van der Waals surface area contributed by atoms with Gasteiger partial charge in [-0.25, -0.2) is 14.3 Å². The summed E-state index contributed by atoms with van der Waals surface area (Å²) in [5, 5.41) is 9.54. The normalized spacial score (nSPS) is 11.4. The van der Waals surface area contributed by atoms with Gasteiger partial charge < -0.3 is 21.1 Å². The first kappa shape index (κ1) is 20.0. The number of rotatable bonds is 6. The minimum absolute atomic E-state index is 0.148. The second kappa shape index (κ2) is 8.35. The molecule has 0 fully saturated rings. The SMILES string of the molecule is CC(C)(C)OC(=O)NCCCNC(=O)Cc1cc(Br)n2ncnc(N)c12. The molecule has 2 amide bonds. The smallest absolute Gasteiger partial charge is 0.407 e. The standard InChI is InChI=1S/C16H23BrN6O3/c1-16(2,3)26-15(25)20-6-4-5-19-12(24)8-10-7-11(17)23-13(10)14(18)21-9-22-23/h7,9H,4-6,8H2,1-3H3,(H,19,24)(H,20,25)(H2,18,21,22). The van der Waals surface area contributed by atoms with Gasteiger partial charge in [-0.15, -0.1) is 0 Å². The molecule has 10 heteroatoms. The van der Waals surface area contributed by atoms with Gasteiger partial charge in [0.25, 0.3) is 0 Å². The summed E-state index contributed by atoms with van der Waals surface area (Å²) < 4.78 is 7.42. The lowest BCUT2D eigenvalue weighted by Gasteiger charge is -2.19. The van der Waals surface area contributed by atoms with Crippen molar-refractivity contribution >= 4 is 39.3 Å². The number of nitrogens with zero attached hydrogens (tertiary/aromatic N) is 3. The number of carbonyl (C=O) groups excluding carboxylic acids is 2. The van der Waals surface area contributed by atoms with Crippen molar-refractivity contribution in [2.75, 3.05) is 18.8 Å². The first-order valence-electron chi connectivity index (χ1n) is 8.17.